The van der Waals surface area contributed by atoms with Gasteiger partial charge < -0.3 is 9.47 Å². The first-order valence-corrected chi connectivity index (χ1v) is 11.3. The van der Waals surface area contributed by atoms with Crippen LogP contribution in [0.4, 0.5) is 0 Å². The van der Waals surface area contributed by atoms with Gasteiger partial charge in [0.1, 0.15) is 12.2 Å². The number of ether oxygens (including phenoxy) is 2. The SMILES string of the molecule is CC1C([C@@H]2CC=CC(=O)O2)=CC([C@H]2C=C[C@@H](I)CC2)C=C1[C@H]1CC=CC(=O)O1. The van der Waals surface area contributed by atoms with Crippen molar-refractivity contribution >= 4 is 34.5 Å². The van der Waals surface area contributed by atoms with E-state index in [0.717, 1.165) is 17.6 Å². The summed E-state index contributed by atoms with van der Waals surface area (Å²) in [7, 11) is 0. The maximum absolute atomic E-state index is 11.8. The summed E-state index contributed by atoms with van der Waals surface area (Å²) in [5.74, 6) is 0.169. The molecule has 0 bridgehead atoms. The molecule has 0 radical (unpaired) electrons. The summed E-state index contributed by atoms with van der Waals surface area (Å²) >= 11 is 2.48. The molecule has 2 unspecified atom stereocenters. The second-order valence-corrected chi connectivity index (χ2v) is 9.50. The van der Waals surface area contributed by atoms with Gasteiger partial charge in [-0.3, -0.25) is 0 Å². The third-order valence-corrected chi connectivity index (χ3v) is 7.11. The summed E-state index contributed by atoms with van der Waals surface area (Å²) in [5, 5.41) is 0. The molecule has 5 heteroatoms. The highest BCUT2D eigenvalue weighted by molar-refractivity contribution is 14.1. The van der Waals surface area contributed by atoms with Crippen molar-refractivity contribution in [2.75, 3.05) is 0 Å². The molecule has 0 fully saturated rings. The summed E-state index contributed by atoms with van der Waals surface area (Å²) in [5.41, 5.74) is 2.27. The zero-order chi connectivity index (χ0) is 19.7. The fourth-order valence-corrected chi connectivity index (χ4v) is 5.16. The summed E-state index contributed by atoms with van der Waals surface area (Å²) < 4.78 is 11.9. The molecule has 2 heterocycles. The van der Waals surface area contributed by atoms with Crippen LogP contribution in [-0.2, 0) is 19.1 Å². The molecule has 4 nitrogen and oxygen atoms in total. The maximum Gasteiger partial charge on any atom is 0.331 e. The molecule has 0 aromatic rings. The fraction of sp³-hybridized carbons (Fsp3) is 0.478. The minimum absolute atomic E-state index is 0.0785. The third kappa shape index (κ3) is 4.19. The standard InChI is InChI=1S/C23H25IO4/c1-14-18(20-4-2-6-22(25)27-20)12-16(15-8-10-17(24)11-9-15)13-19(14)21-5-3-7-23(26)28-21/h2-3,6-8,10,12-17,20-21H,4-5,9,11H2,1H3/t14?,15-,16?,17+,20-,21+/m0/s1. The molecule has 0 aromatic heterocycles. The number of allylic oxidation sites excluding steroid dienone is 4. The molecule has 2 aliphatic carbocycles. The van der Waals surface area contributed by atoms with E-state index in [1.807, 2.05) is 12.2 Å². The van der Waals surface area contributed by atoms with Crippen LogP contribution in [-0.4, -0.2) is 28.1 Å². The molecule has 4 rings (SSSR count). The van der Waals surface area contributed by atoms with Gasteiger partial charge in [0.15, 0.2) is 0 Å². The molecule has 28 heavy (non-hydrogen) atoms. The van der Waals surface area contributed by atoms with Crippen molar-refractivity contribution in [2.24, 2.45) is 17.8 Å². The van der Waals surface area contributed by atoms with Gasteiger partial charge in [0.25, 0.3) is 0 Å². The van der Waals surface area contributed by atoms with E-state index in [0.29, 0.717) is 22.7 Å². The number of hydrogen-bond acceptors (Lipinski definition) is 4. The monoisotopic (exact) mass is 492 g/mol. The molecule has 0 amide bonds. The fourth-order valence-electron chi connectivity index (χ4n) is 4.56. The Labute approximate surface area is 179 Å². The van der Waals surface area contributed by atoms with Crippen LogP contribution in [0.2, 0.25) is 0 Å². The van der Waals surface area contributed by atoms with E-state index in [9.17, 15) is 9.59 Å². The van der Waals surface area contributed by atoms with Crippen molar-refractivity contribution < 1.29 is 19.1 Å². The van der Waals surface area contributed by atoms with Crippen LogP contribution in [0, 0.1) is 17.8 Å². The third-order valence-electron chi connectivity index (χ3n) is 6.08. The van der Waals surface area contributed by atoms with Crippen molar-refractivity contribution in [3.8, 4) is 0 Å². The van der Waals surface area contributed by atoms with Gasteiger partial charge in [-0.05, 0) is 29.9 Å². The highest BCUT2D eigenvalue weighted by atomic mass is 127. The summed E-state index contributed by atoms with van der Waals surface area (Å²) in [6.45, 7) is 2.13. The number of cyclic esters (lactones) is 2. The maximum atomic E-state index is 11.8. The Morgan fingerprint density at radius 2 is 1.46 bits per heavy atom. The van der Waals surface area contributed by atoms with Gasteiger partial charge in [0.05, 0.1) is 0 Å². The van der Waals surface area contributed by atoms with Gasteiger partial charge in [0.2, 0.25) is 0 Å². The molecule has 0 aromatic carbocycles. The highest BCUT2D eigenvalue weighted by Crippen LogP contribution is 2.41. The average molecular weight is 492 g/mol. The first-order valence-electron chi connectivity index (χ1n) is 10.0. The van der Waals surface area contributed by atoms with Crippen molar-refractivity contribution in [3.05, 3.63) is 59.8 Å². The largest absolute Gasteiger partial charge is 0.454 e. The Morgan fingerprint density at radius 1 is 0.893 bits per heavy atom. The average Bonchev–Trinajstić information content (AvgIpc) is 2.69. The van der Waals surface area contributed by atoms with E-state index in [1.165, 1.54) is 18.6 Å². The minimum atomic E-state index is -0.283. The Morgan fingerprint density at radius 3 is 1.93 bits per heavy atom. The van der Waals surface area contributed by atoms with Crippen LogP contribution >= 0.6 is 22.6 Å². The minimum Gasteiger partial charge on any atom is -0.454 e. The zero-order valence-electron chi connectivity index (χ0n) is 15.9. The molecule has 0 saturated heterocycles. The molecule has 6 atom stereocenters. The van der Waals surface area contributed by atoms with Crippen LogP contribution in [0.15, 0.2) is 59.8 Å². The van der Waals surface area contributed by atoms with Crippen LogP contribution in [0.25, 0.3) is 0 Å². The second-order valence-electron chi connectivity index (χ2n) is 7.90. The predicted molar refractivity (Wildman–Crippen MR) is 116 cm³/mol. The highest BCUT2D eigenvalue weighted by Gasteiger charge is 2.36. The second kappa shape index (κ2) is 8.39. The molecular weight excluding hydrogens is 467 g/mol. The van der Waals surface area contributed by atoms with Crippen LogP contribution in [0.3, 0.4) is 0 Å². The number of rotatable bonds is 3. The Bertz CT molecular complexity index is 751. The van der Waals surface area contributed by atoms with Crippen LogP contribution < -0.4 is 0 Å². The number of alkyl halides is 1. The lowest BCUT2D eigenvalue weighted by atomic mass is 9.72. The topological polar surface area (TPSA) is 52.6 Å². The number of hydrogen-bond donors (Lipinski definition) is 0. The Kier molecular flexibility index (Phi) is 5.90. The lowest BCUT2D eigenvalue weighted by Crippen LogP contribution is -2.34. The first-order chi connectivity index (χ1) is 13.5. The van der Waals surface area contributed by atoms with E-state index in [1.54, 1.807) is 0 Å². The normalized spacial score (nSPS) is 37.8. The van der Waals surface area contributed by atoms with Crippen molar-refractivity contribution in [3.63, 3.8) is 0 Å². The Balaban J connectivity index is 1.66. The van der Waals surface area contributed by atoms with E-state index in [2.05, 4.69) is 53.8 Å². The number of halogens is 1. The van der Waals surface area contributed by atoms with E-state index in [4.69, 9.17) is 9.47 Å². The van der Waals surface area contributed by atoms with Gasteiger partial charge in [-0.15, -0.1) is 0 Å². The Hall–Kier alpha value is -1.63. The molecular formula is C23H25IO4. The molecule has 0 spiro atoms. The summed E-state index contributed by atoms with van der Waals surface area (Å²) in [6.07, 6.45) is 19.2. The van der Waals surface area contributed by atoms with Crippen molar-refractivity contribution in [1.29, 1.82) is 0 Å². The van der Waals surface area contributed by atoms with E-state index < -0.39 is 0 Å². The van der Waals surface area contributed by atoms with Gasteiger partial charge in [-0.1, -0.05) is 66.0 Å². The first kappa shape index (κ1) is 19.7. The smallest absolute Gasteiger partial charge is 0.331 e. The predicted octanol–water partition coefficient (Wildman–Crippen LogP) is 4.62. The molecule has 4 aliphatic rings. The van der Waals surface area contributed by atoms with Crippen LogP contribution in [0.5, 0.6) is 0 Å². The van der Waals surface area contributed by atoms with Crippen LogP contribution in [0.1, 0.15) is 32.6 Å². The van der Waals surface area contributed by atoms with E-state index >= 15 is 0 Å². The number of esters is 2. The van der Waals surface area contributed by atoms with Gasteiger partial charge in [0, 0.05) is 40.8 Å². The summed E-state index contributed by atoms with van der Waals surface area (Å²) in [4.78, 5) is 23.7. The molecule has 0 N–H and O–H groups in total. The molecule has 0 saturated carbocycles. The number of carbonyl (C=O) groups excluding carboxylic acids is 2. The van der Waals surface area contributed by atoms with Crippen molar-refractivity contribution in [2.45, 2.75) is 48.7 Å². The number of carbonyl (C=O) groups is 2. The quantitative estimate of drug-likeness (QED) is 0.250. The van der Waals surface area contributed by atoms with Gasteiger partial charge >= 0.3 is 11.9 Å². The lowest BCUT2D eigenvalue weighted by molar-refractivity contribution is -0.142. The molecule has 148 valence electrons. The van der Waals surface area contributed by atoms with E-state index in [-0.39, 0.29) is 36.0 Å². The zero-order valence-corrected chi connectivity index (χ0v) is 18.1. The molecule has 2 aliphatic heterocycles. The van der Waals surface area contributed by atoms with Gasteiger partial charge in [-0.2, -0.15) is 0 Å². The van der Waals surface area contributed by atoms with Crippen molar-refractivity contribution in [1.82, 2.24) is 0 Å². The van der Waals surface area contributed by atoms with Gasteiger partial charge in [-0.25, -0.2) is 9.59 Å². The lowest BCUT2D eigenvalue weighted by Gasteiger charge is -2.37. The summed E-state index contributed by atoms with van der Waals surface area (Å²) in [6, 6.07) is 0.